The van der Waals surface area contributed by atoms with Crippen LogP contribution in [0.25, 0.3) is 16.7 Å². The van der Waals surface area contributed by atoms with Gasteiger partial charge in [-0.2, -0.15) is 0 Å². The van der Waals surface area contributed by atoms with E-state index in [1.54, 1.807) is 18.2 Å². The zero-order valence-corrected chi connectivity index (χ0v) is 15.7. The van der Waals surface area contributed by atoms with Gasteiger partial charge in [-0.3, -0.25) is 10.1 Å². The zero-order chi connectivity index (χ0) is 20.9. The summed E-state index contributed by atoms with van der Waals surface area (Å²) in [5.74, 6) is -3.05. The van der Waals surface area contributed by atoms with Crippen molar-refractivity contribution in [3.8, 4) is 11.1 Å². The molecule has 2 aliphatic heterocycles. The lowest BCUT2D eigenvalue weighted by molar-refractivity contribution is -0.132. The molecule has 2 heterocycles. The van der Waals surface area contributed by atoms with Gasteiger partial charge in [-0.05, 0) is 43.7 Å². The summed E-state index contributed by atoms with van der Waals surface area (Å²) in [6.45, 7) is 3.63. The first-order chi connectivity index (χ1) is 13.7. The first-order valence-electron chi connectivity index (χ1n) is 9.02. The quantitative estimate of drug-likeness (QED) is 0.691. The zero-order valence-electron chi connectivity index (χ0n) is 15.7. The molecule has 7 heteroatoms. The molecule has 4 rings (SSSR count). The van der Waals surface area contributed by atoms with Gasteiger partial charge in [0, 0.05) is 22.4 Å². The Hall–Kier alpha value is -3.32. The number of carboxylic acids is 1. The Morgan fingerprint density at radius 2 is 1.76 bits per heavy atom. The van der Waals surface area contributed by atoms with E-state index in [-0.39, 0.29) is 22.3 Å². The summed E-state index contributed by atoms with van der Waals surface area (Å²) in [7, 11) is 0. The van der Waals surface area contributed by atoms with E-state index in [9.17, 15) is 23.5 Å². The first-order valence-corrected chi connectivity index (χ1v) is 9.02. The third-order valence-electron chi connectivity index (χ3n) is 5.02. The molecule has 29 heavy (non-hydrogen) atoms. The number of carbonyl (C=O) groups excluding carboxylic acids is 1. The number of rotatable bonds is 3. The van der Waals surface area contributed by atoms with Crippen molar-refractivity contribution in [2.45, 2.75) is 25.4 Å². The molecule has 0 saturated heterocycles. The number of benzene rings is 2. The van der Waals surface area contributed by atoms with Crippen LogP contribution in [0, 0.1) is 11.6 Å². The van der Waals surface area contributed by atoms with Gasteiger partial charge in [0.15, 0.2) is 0 Å². The van der Waals surface area contributed by atoms with Gasteiger partial charge in [-0.1, -0.05) is 24.3 Å². The van der Waals surface area contributed by atoms with E-state index < -0.39 is 35.1 Å². The maximum atomic E-state index is 14.4. The Morgan fingerprint density at radius 1 is 1.10 bits per heavy atom. The highest BCUT2D eigenvalue weighted by Crippen LogP contribution is 2.42. The number of carboxylic acid groups (broad SMARTS) is 1. The number of halogens is 2. The van der Waals surface area contributed by atoms with Crippen molar-refractivity contribution >= 4 is 23.1 Å². The highest BCUT2D eigenvalue weighted by Gasteiger charge is 2.36. The molecule has 5 nitrogen and oxygen atoms in total. The second-order valence-corrected chi connectivity index (χ2v) is 7.61. The molecular formula is C22H18F2N2O3. The van der Waals surface area contributed by atoms with Gasteiger partial charge >= 0.3 is 5.97 Å². The van der Waals surface area contributed by atoms with Crippen LogP contribution in [0.2, 0.25) is 0 Å². The van der Waals surface area contributed by atoms with E-state index >= 15 is 0 Å². The average Bonchev–Trinajstić information content (AvgIpc) is 3.11. The summed E-state index contributed by atoms with van der Waals surface area (Å²) in [4.78, 5) is 24.3. The largest absolute Gasteiger partial charge is 0.478 e. The highest BCUT2D eigenvalue weighted by molar-refractivity contribution is 6.33. The Labute approximate surface area is 165 Å². The van der Waals surface area contributed by atoms with Crippen LogP contribution < -0.4 is 10.6 Å². The smallest absolute Gasteiger partial charge is 0.333 e. The van der Waals surface area contributed by atoms with Gasteiger partial charge in [0.05, 0.1) is 17.2 Å². The SMILES string of the molecule is CC1(C)C=C(C(=O)O)C(/C=C2\C(=O)Nc3cccc(-c4c(F)cccc4F)c32)N1. The molecule has 3 N–H and O–H groups in total. The van der Waals surface area contributed by atoms with Gasteiger partial charge in [0.2, 0.25) is 0 Å². The summed E-state index contributed by atoms with van der Waals surface area (Å²) < 4.78 is 28.9. The number of anilines is 1. The second kappa shape index (κ2) is 6.63. The van der Waals surface area contributed by atoms with E-state index in [2.05, 4.69) is 10.6 Å². The lowest BCUT2D eigenvalue weighted by Gasteiger charge is -2.19. The van der Waals surface area contributed by atoms with Crippen molar-refractivity contribution in [2.75, 3.05) is 5.32 Å². The minimum Gasteiger partial charge on any atom is -0.478 e. The fourth-order valence-corrected chi connectivity index (χ4v) is 3.86. The molecule has 2 aromatic rings. The number of hydrogen-bond acceptors (Lipinski definition) is 3. The summed E-state index contributed by atoms with van der Waals surface area (Å²) in [5.41, 5.74) is 0.447. The maximum Gasteiger partial charge on any atom is 0.333 e. The van der Waals surface area contributed by atoms with Crippen LogP contribution in [0.4, 0.5) is 14.5 Å². The molecule has 2 aromatic carbocycles. The maximum absolute atomic E-state index is 14.4. The van der Waals surface area contributed by atoms with Crippen LogP contribution in [0.5, 0.6) is 0 Å². The van der Waals surface area contributed by atoms with E-state index in [0.29, 0.717) is 11.3 Å². The first kappa shape index (κ1) is 19.0. The van der Waals surface area contributed by atoms with E-state index in [1.165, 1.54) is 18.2 Å². The van der Waals surface area contributed by atoms with Crippen LogP contribution >= 0.6 is 0 Å². The van der Waals surface area contributed by atoms with Crippen LogP contribution in [0.1, 0.15) is 19.4 Å². The Bertz CT molecular complexity index is 1100. The number of carbonyl (C=O) groups is 2. The molecule has 0 spiro atoms. The minimum atomic E-state index is -1.10. The molecule has 2 aliphatic rings. The molecule has 0 aliphatic carbocycles. The summed E-state index contributed by atoms with van der Waals surface area (Å²) in [6, 6.07) is 7.61. The number of nitrogens with one attached hydrogen (secondary N) is 2. The fraction of sp³-hybridized carbons (Fsp3) is 0.182. The molecule has 1 atom stereocenters. The summed E-state index contributed by atoms with van der Waals surface area (Å²) in [6.07, 6.45) is 3.09. The molecule has 0 saturated carbocycles. The topological polar surface area (TPSA) is 78.4 Å². The molecule has 0 aromatic heterocycles. The molecular weight excluding hydrogens is 378 g/mol. The number of aliphatic carboxylic acids is 1. The van der Waals surface area contributed by atoms with Crippen LogP contribution in [-0.2, 0) is 9.59 Å². The van der Waals surface area contributed by atoms with Crippen LogP contribution in [-0.4, -0.2) is 28.6 Å². The van der Waals surface area contributed by atoms with Gasteiger partial charge in [-0.15, -0.1) is 0 Å². The molecule has 0 radical (unpaired) electrons. The van der Waals surface area contributed by atoms with E-state index in [0.717, 1.165) is 12.1 Å². The summed E-state index contributed by atoms with van der Waals surface area (Å²) in [5, 5.41) is 15.4. The molecule has 0 fully saturated rings. The lowest BCUT2D eigenvalue weighted by atomic mass is 9.92. The second-order valence-electron chi connectivity index (χ2n) is 7.61. The number of amides is 1. The minimum absolute atomic E-state index is 0.110. The standard InChI is InChI=1S/C22H18F2N2O3/c1-22(2)10-13(21(28)29)17(26-22)9-12-18-11(5-3-8-16(18)25-20(12)27)19-14(23)6-4-7-15(19)24/h3-10,17,26H,1-2H3,(H,25,27)(H,28,29)/b12-9-. The van der Waals surface area contributed by atoms with Crippen molar-refractivity contribution < 1.29 is 23.5 Å². The lowest BCUT2D eigenvalue weighted by Crippen LogP contribution is -2.38. The van der Waals surface area contributed by atoms with Crippen molar-refractivity contribution in [1.82, 2.24) is 5.32 Å². The van der Waals surface area contributed by atoms with Gasteiger partial charge in [0.25, 0.3) is 5.91 Å². The predicted molar refractivity (Wildman–Crippen MR) is 105 cm³/mol. The normalized spacial score (nSPS) is 21.1. The fourth-order valence-electron chi connectivity index (χ4n) is 3.86. The number of fused-ring (bicyclic) bond motifs is 1. The molecule has 1 unspecified atom stereocenters. The van der Waals surface area contributed by atoms with E-state index in [4.69, 9.17) is 0 Å². The van der Waals surface area contributed by atoms with Crippen molar-refractivity contribution in [1.29, 1.82) is 0 Å². The highest BCUT2D eigenvalue weighted by atomic mass is 19.1. The third kappa shape index (κ3) is 3.23. The number of hydrogen-bond donors (Lipinski definition) is 3. The van der Waals surface area contributed by atoms with Gasteiger partial charge in [0.1, 0.15) is 11.6 Å². The van der Waals surface area contributed by atoms with Crippen molar-refractivity contribution in [3.63, 3.8) is 0 Å². The van der Waals surface area contributed by atoms with Gasteiger partial charge < -0.3 is 10.4 Å². The predicted octanol–water partition coefficient (Wildman–Crippen LogP) is 3.73. The Kier molecular flexibility index (Phi) is 4.35. The Morgan fingerprint density at radius 3 is 2.41 bits per heavy atom. The molecule has 0 bridgehead atoms. The van der Waals surface area contributed by atoms with E-state index in [1.807, 2.05) is 13.8 Å². The third-order valence-corrected chi connectivity index (χ3v) is 5.02. The van der Waals surface area contributed by atoms with Crippen LogP contribution in [0.3, 0.4) is 0 Å². The molecule has 1 amide bonds. The monoisotopic (exact) mass is 396 g/mol. The molecule has 148 valence electrons. The average molecular weight is 396 g/mol. The van der Waals surface area contributed by atoms with Gasteiger partial charge in [-0.25, -0.2) is 13.6 Å². The van der Waals surface area contributed by atoms with Crippen LogP contribution in [0.15, 0.2) is 54.1 Å². The summed E-state index contributed by atoms with van der Waals surface area (Å²) >= 11 is 0. The van der Waals surface area contributed by atoms with Crippen molar-refractivity contribution in [3.05, 3.63) is 71.3 Å². The Balaban J connectivity index is 1.89. The van der Waals surface area contributed by atoms with Crippen molar-refractivity contribution in [2.24, 2.45) is 0 Å².